The van der Waals surface area contributed by atoms with Crippen LogP contribution in [-0.2, 0) is 0 Å². The summed E-state index contributed by atoms with van der Waals surface area (Å²) in [6, 6.07) is 52.1. The summed E-state index contributed by atoms with van der Waals surface area (Å²) in [5.41, 5.74) is 12.1. The minimum atomic E-state index is 1.16. The van der Waals surface area contributed by atoms with Crippen LogP contribution in [0.3, 0.4) is 0 Å². The third-order valence-corrected chi connectivity index (χ3v) is 7.26. The third-order valence-electron chi connectivity index (χ3n) is 7.26. The van der Waals surface area contributed by atoms with E-state index in [0.717, 1.165) is 5.52 Å². The van der Waals surface area contributed by atoms with Crippen LogP contribution in [0, 0.1) is 0 Å². The quantitative estimate of drug-likeness (QED) is 0.263. The van der Waals surface area contributed by atoms with Gasteiger partial charge in [-0.2, -0.15) is 0 Å². The Morgan fingerprint density at radius 1 is 0.324 bits per heavy atom. The summed E-state index contributed by atoms with van der Waals surface area (Å²) in [6.07, 6.45) is 0. The fourth-order valence-electron chi connectivity index (χ4n) is 5.59. The molecule has 7 rings (SSSR count). The van der Waals surface area contributed by atoms with E-state index in [2.05, 4.69) is 151 Å². The van der Waals surface area contributed by atoms with Crippen LogP contribution in [0.25, 0.3) is 66.3 Å². The number of hydrogen-bond donors (Lipinski definition) is 1. The van der Waals surface area contributed by atoms with Crippen molar-refractivity contribution in [2.45, 2.75) is 0 Å². The first-order chi connectivity index (χ1) is 18.4. The minimum absolute atomic E-state index is 1.16. The van der Waals surface area contributed by atoms with Gasteiger partial charge in [0, 0.05) is 21.9 Å². The van der Waals surface area contributed by atoms with Crippen LogP contribution < -0.4 is 0 Å². The smallest absolute Gasteiger partial charge is 0.0544 e. The number of fused-ring (bicyclic) bond motifs is 3. The maximum Gasteiger partial charge on any atom is 0.0544 e. The van der Waals surface area contributed by atoms with E-state index >= 15 is 0 Å². The Morgan fingerprint density at radius 3 is 1.62 bits per heavy atom. The molecule has 0 fully saturated rings. The van der Waals surface area contributed by atoms with Gasteiger partial charge in [0.05, 0.1) is 5.52 Å². The lowest BCUT2D eigenvalue weighted by molar-refractivity contribution is 1.52. The largest absolute Gasteiger partial charge is 0.354 e. The van der Waals surface area contributed by atoms with E-state index in [1.807, 2.05) is 0 Å². The fourth-order valence-corrected chi connectivity index (χ4v) is 5.59. The molecule has 6 aromatic carbocycles. The molecule has 37 heavy (non-hydrogen) atoms. The monoisotopic (exact) mass is 471 g/mol. The van der Waals surface area contributed by atoms with E-state index < -0.39 is 0 Å². The zero-order chi connectivity index (χ0) is 24.6. The highest BCUT2D eigenvalue weighted by molar-refractivity contribution is 6.14. The third kappa shape index (κ3) is 3.64. The molecule has 0 radical (unpaired) electrons. The Hall–Kier alpha value is -4.88. The predicted molar refractivity (Wildman–Crippen MR) is 158 cm³/mol. The summed E-state index contributed by atoms with van der Waals surface area (Å²) < 4.78 is 0. The number of rotatable bonds is 4. The van der Waals surface area contributed by atoms with Crippen LogP contribution in [0.1, 0.15) is 0 Å². The summed E-state index contributed by atoms with van der Waals surface area (Å²) in [7, 11) is 0. The molecular weight excluding hydrogens is 446 g/mol. The molecule has 0 unspecified atom stereocenters. The summed E-state index contributed by atoms with van der Waals surface area (Å²) in [6.45, 7) is 0. The number of aromatic nitrogens is 1. The van der Waals surface area contributed by atoms with Gasteiger partial charge in [0.1, 0.15) is 0 Å². The number of hydrogen-bond acceptors (Lipinski definition) is 0. The average Bonchev–Trinajstić information content (AvgIpc) is 3.37. The molecule has 0 aliphatic carbocycles. The van der Waals surface area contributed by atoms with Gasteiger partial charge in [0.2, 0.25) is 0 Å². The van der Waals surface area contributed by atoms with E-state index in [1.54, 1.807) is 0 Å². The van der Waals surface area contributed by atoms with Gasteiger partial charge in [0.15, 0.2) is 0 Å². The van der Waals surface area contributed by atoms with Crippen LogP contribution >= 0.6 is 0 Å². The molecule has 1 heteroatoms. The Kier molecular flexibility index (Phi) is 5.19. The van der Waals surface area contributed by atoms with Gasteiger partial charge in [-0.15, -0.1) is 0 Å². The molecular formula is C36H25N. The van der Waals surface area contributed by atoms with Gasteiger partial charge in [-0.3, -0.25) is 0 Å². The zero-order valence-corrected chi connectivity index (χ0v) is 20.4. The van der Waals surface area contributed by atoms with Crippen molar-refractivity contribution in [3.05, 3.63) is 146 Å². The predicted octanol–water partition coefficient (Wildman–Crippen LogP) is 9.99. The molecule has 1 aromatic heterocycles. The van der Waals surface area contributed by atoms with Gasteiger partial charge < -0.3 is 4.98 Å². The number of nitrogens with one attached hydrogen (secondary N) is 1. The Bertz CT molecular complexity index is 1860. The molecule has 0 saturated heterocycles. The normalized spacial score (nSPS) is 11.2. The zero-order valence-electron chi connectivity index (χ0n) is 20.4. The van der Waals surface area contributed by atoms with Crippen LogP contribution in [0.5, 0.6) is 0 Å². The van der Waals surface area contributed by atoms with E-state index in [4.69, 9.17) is 0 Å². The Labute approximate surface area is 216 Å². The molecule has 174 valence electrons. The second-order valence-electron chi connectivity index (χ2n) is 9.40. The SMILES string of the molecule is c1ccc(-c2ccccc2-c2cccc(-c3ccccc3)c2-c2cccc3c2[nH]c2ccccc23)cc1. The highest BCUT2D eigenvalue weighted by atomic mass is 14.7. The molecule has 0 saturated carbocycles. The first kappa shape index (κ1) is 21.4. The van der Waals surface area contributed by atoms with Crippen molar-refractivity contribution in [1.29, 1.82) is 0 Å². The Balaban J connectivity index is 1.59. The molecule has 0 bridgehead atoms. The van der Waals surface area contributed by atoms with Gasteiger partial charge in [-0.25, -0.2) is 0 Å². The van der Waals surface area contributed by atoms with E-state index in [9.17, 15) is 0 Å². The van der Waals surface area contributed by atoms with Crippen LogP contribution in [-0.4, -0.2) is 4.98 Å². The van der Waals surface area contributed by atoms with Crippen LogP contribution in [0.4, 0.5) is 0 Å². The van der Waals surface area contributed by atoms with Crippen molar-refractivity contribution in [3.8, 4) is 44.5 Å². The maximum atomic E-state index is 3.75. The first-order valence-corrected chi connectivity index (χ1v) is 12.7. The molecule has 0 aliphatic rings. The summed E-state index contributed by atoms with van der Waals surface area (Å²) in [5, 5.41) is 2.50. The molecule has 0 spiro atoms. The van der Waals surface area contributed by atoms with Crippen molar-refractivity contribution < 1.29 is 0 Å². The van der Waals surface area contributed by atoms with E-state index in [-0.39, 0.29) is 0 Å². The maximum absolute atomic E-state index is 3.75. The second-order valence-corrected chi connectivity index (χ2v) is 9.40. The van der Waals surface area contributed by atoms with Crippen molar-refractivity contribution in [1.82, 2.24) is 4.98 Å². The number of benzene rings is 6. The molecule has 1 N–H and O–H groups in total. The van der Waals surface area contributed by atoms with Crippen molar-refractivity contribution in [2.75, 3.05) is 0 Å². The summed E-state index contributed by atoms with van der Waals surface area (Å²) >= 11 is 0. The topological polar surface area (TPSA) is 15.8 Å². The lowest BCUT2D eigenvalue weighted by Crippen LogP contribution is -1.93. The second kappa shape index (κ2) is 8.96. The molecule has 0 atom stereocenters. The summed E-state index contributed by atoms with van der Waals surface area (Å²) in [5.74, 6) is 0. The van der Waals surface area contributed by atoms with E-state index in [1.165, 1.54) is 60.8 Å². The standard InChI is InChI=1S/C36H25N/c1-3-13-25(14-4-1)27-17-7-8-18-29(27)31-21-11-20-28(26-15-5-2-6-16-26)35(31)33-23-12-22-32-30-19-9-10-24-34(30)37-36(32)33/h1-24,37H. The Morgan fingerprint density at radius 2 is 0.838 bits per heavy atom. The highest BCUT2D eigenvalue weighted by Crippen LogP contribution is 2.45. The lowest BCUT2D eigenvalue weighted by atomic mass is 9.84. The van der Waals surface area contributed by atoms with Gasteiger partial charge >= 0.3 is 0 Å². The van der Waals surface area contributed by atoms with Crippen LogP contribution in [0.15, 0.2) is 146 Å². The van der Waals surface area contributed by atoms with Crippen molar-refractivity contribution >= 4 is 21.8 Å². The van der Waals surface area contributed by atoms with E-state index in [0.29, 0.717) is 0 Å². The minimum Gasteiger partial charge on any atom is -0.354 e. The van der Waals surface area contributed by atoms with Crippen molar-refractivity contribution in [2.24, 2.45) is 0 Å². The number of H-pyrrole nitrogens is 1. The molecule has 1 nitrogen and oxygen atoms in total. The molecule has 7 aromatic rings. The van der Waals surface area contributed by atoms with Gasteiger partial charge in [-0.1, -0.05) is 140 Å². The average molecular weight is 472 g/mol. The van der Waals surface area contributed by atoms with Crippen LogP contribution in [0.2, 0.25) is 0 Å². The molecule has 0 amide bonds. The first-order valence-electron chi connectivity index (χ1n) is 12.7. The highest BCUT2D eigenvalue weighted by Gasteiger charge is 2.19. The lowest BCUT2D eigenvalue weighted by Gasteiger charge is -2.19. The number of aromatic amines is 1. The molecule has 0 aliphatic heterocycles. The van der Waals surface area contributed by atoms with Gasteiger partial charge in [0.25, 0.3) is 0 Å². The van der Waals surface area contributed by atoms with Crippen molar-refractivity contribution in [3.63, 3.8) is 0 Å². The summed E-state index contributed by atoms with van der Waals surface area (Å²) in [4.78, 5) is 3.75. The molecule has 1 heterocycles. The number of para-hydroxylation sites is 2. The van der Waals surface area contributed by atoms with Gasteiger partial charge in [-0.05, 0) is 45.0 Å². The fraction of sp³-hybridized carbons (Fsp3) is 0.